The monoisotopic (exact) mass is 156 g/mol. The lowest BCUT2D eigenvalue weighted by Crippen LogP contribution is -1.74. The zero-order chi connectivity index (χ0) is 8.53. The van der Waals surface area contributed by atoms with Crippen molar-refractivity contribution in [2.24, 2.45) is 0 Å². The molecule has 0 atom stereocenters. The molecule has 0 saturated heterocycles. The van der Waals surface area contributed by atoms with Gasteiger partial charge in [0.1, 0.15) is 5.83 Å². The Kier molecular flexibility index (Phi) is 6.64. The van der Waals surface area contributed by atoms with Crippen molar-refractivity contribution >= 4 is 0 Å². The van der Waals surface area contributed by atoms with Gasteiger partial charge in [-0.2, -0.15) is 0 Å². The number of aliphatic hydroxyl groups is 1. The van der Waals surface area contributed by atoms with Gasteiger partial charge in [0.2, 0.25) is 0 Å². The summed E-state index contributed by atoms with van der Waals surface area (Å²) in [5.41, 5.74) is 0. The van der Waals surface area contributed by atoms with Gasteiger partial charge in [-0.15, -0.1) is 0 Å². The maximum absolute atomic E-state index is 12.3. The minimum absolute atomic E-state index is 0.143. The molecule has 0 fully saturated rings. The molecule has 0 saturated carbocycles. The van der Waals surface area contributed by atoms with Gasteiger partial charge in [-0.25, -0.2) is 4.39 Å². The van der Waals surface area contributed by atoms with Crippen LogP contribution in [0.3, 0.4) is 0 Å². The SMILES string of the molecule is C=CC(F)=CCC=CCCO. The van der Waals surface area contributed by atoms with E-state index in [0.717, 1.165) is 0 Å². The molecular weight excluding hydrogens is 143 g/mol. The molecule has 11 heavy (non-hydrogen) atoms. The fraction of sp³-hybridized carbons (Fsp3) is 0.333. The molecule has 0 unspecified atom stereocenters. The van der Waals surface area contributed by atoms with Crippen LogP contribution in [0.2, 0.25) is 0 Å². The van der Waals surface area contributed by atoms with Crippen LogP contribution in [0.1, 0.15) is 12.8 Å². The van der Waals surface area contributed by atoms with Crippen molar-refractivity contribution < 1.29 is 9.50 Å². The van der Waals surface area contributed by atoms with E-state index in [1.807, 2.05) is 6.08 Å². The molecule has 0 spiro atoms. The third-order valence-corrected chi connectivity index (χ3v) is 1.11. The molecule has 0 amide bonds. The second kappa shape index (κ2) is 7.22. The van der Waals surface area contributed by atoms with Crippen LogP contribution >= 0.6 is 0 Å². The zero-order valence-corrected chi connectivity index (χ0v) is 6.46. The van der Waals surface area contributed by atoms with E-state index in [2.05, 4.69) is 6.58 Å². The van der Waals surface area contributed by atoms with E-state index in [-0.39, 0.29) is 12.4 Å². The predicted octanol–water partition coefficient (Wildman–Crippen LogP) is 2.35. The highest BCUT2D eigenvalue weighted by molar-refractivity contribution is 5.08. The van der Waals surface area contributed by atoms with E-state index in [9.17, 15) is 4.39 Å². The molecule has 1 N–H and O–H groups in total. The van der Waals surface area contributed by atoms with Crippen LogP contribution in [-0.2, 0) is 0 Å². The summed E-state index contributed by atoms with van der Waals surface area (Å²) in [6.07, 6.45) is 7.40. The lowest BCUT2D eigenvalue weighted by Gasteiger charge is -1.84. The topological polar surface area (TPSA) is 20.2 Å². The van der Waals surface area contributed by atoms with E-state index in [0.29, 0.717) is 12.8 Å². The van der Waals surface area contributed by atoms with Gasteiger partial charge in [-0.05, 0) is 25.0 Å². The molecule has 0 aromatic carbocycles. The van der Waals surface area contributed by atoms with Crippen molar-refractivity contribution in [1.82, 2.24) is 0 Å². The van der Waals surface area contributed by atoms with Crippen LogP contribution < -0.4 is 0 Å². The molecule has 0 aromatic heterocycles. The molecule has 0 aliphatic carbocycles. The first-order chi connectivity index (χ1) is 5.31. The Labute approximate surface area is 66.5 Å². The molecule has 0 bridgehead atoms. The predicted molar refractivity (Wildman–Crippen MR) is 44.8 cm³/mol. The lowest BCUT2D eigenvalue weighted by molar-refractivity contribution is 0.302. The molecule has 0 rings (SSSR count). The van der Waals surface area contributed by atoms with Crippen molar-refractivity contribution in [1.29, 1.82) is 0 Å². The first-order valence-corrected chi connectivity index (χ1v) is 3.55. The zero-order valence-electron chi connectivity index (χ0n) is 6.46. The minimum Gasteiger partial charge on any atom is -0.396 e. The summed E-state index contributed by atoms with van der Waals surface area (Å²) in [5.74, 6) is -0.307. The molecule has 2 heteroatoms. The van der Waals surface area contributed by atoms with Crippen LogP contribution in [-0.4, -0.2) is 11.7 Å². The second-order valence-electron chi connectivity index (χ2n) is 2.01. The number of rotatable bonds is 5. The van der Waals surface area contributed by atoms with Crippen molar-refractivity contribution in [3.05, 3.63) is 36.7 Å². The standard InChI is InChI=1S/C9H13FO/c1-2-9(10)7-5-3-4-6-8-11/h2-4,7,11H,1,5-6,8H2. The highest BCUT2D eigenvalue weighted by atomic mass is 19.1. The van der Waals surface area contributed by atoms with E-state index >= 15 is 0 Å². The Balaban J connectivity index is 3.46. The highest BCUT2D eigenvalue weighted by Crippen LogP contribution is 1.99. The summed E-state index contributed by atoms with van der Waals surface area (Å²) in [6, 6.07) is 0. The van der Waals surface area contributed by atoms with Crippen LogP contribution in [0.25, 0.3) is 0 Å². The van der Waals surface area contributed by atoms with Crippen LogP contribution in [0, 0.1) is 0 Å². The number of hydrogen-bond acceptors (Lipinski definition) is 1. The average Bonchev–Trinajstić information content (AvgIpc) is 2.04. The van der Waals surface area contributed by atoms with E-state index in [1.54, 1.807) is 6.08 Å². The van der Waals surface area contributed by atoms with Crippen LogP contribution in [0.15, 0.2) is 36.7 Å². The Morgan fingerprint density at radius 2 is 2.18 bits per heavy atom. The summed E-state index contributed by atoms with van der Waals surface area (Å²) in [7, 11) is 0. The lowest BCUT2D eigenvalue weighted by atomic mass is 10.3. The van der Waals surface area contributed by atoms with Gasteiger partial charge in [-0.1, -0.05) is 18.7 Å². The van der Waals surface area contributed by atoms with Crippen molar-refractivity contribution in [2.45, 2.75) is 12.8 Å². The van der Waals surface area contributed by atoms with Gasteiger partial charge in [0.25, 0.3) is 0 Å². The highest BCUT2D eigenvalue weighted by Gasteiger charge is 1.81. The third-order valence-electron chi connectivity index (χ3n) is 1.11. The Bertz CT molecular complexity index is 159. The fourth-order valence-corrected chi connectivity index (χ4v) is 0.553. The van der Waals surface area contributed by atoms with Gasteiger partial charge in [0, 0.05) is 6.61 Å². The van der Waals surface area contributed by atoms with Gasteiger partial charge in [0.15, 0.2) is 0 Å². The maximum Gasteiger partial charge on any atom is 0.118 e. The summed E-state index contributed by atoms with van der Waals surface area (Å²) in [5, 5.41) is 8.36. The van der Waals surface area contributed by atoms with E-state index < -0.39 is 0 Å². The van der Waals surface area contributed by atoms with Crippen LogP contribution in [0.5, 0.6) is 0 Å². The van der Waals surface area contributed by atoms with Crippen molar-refractivity contribution in [3.8, 4) is 0 Å². The quantitative estimate of drug-likeness (QED) is 0.478. The van der Waals surface area contributed by atoms with Gasteiger partial charge in [0.05, 0.1) is 0 Å². The fourth-order valence-electron chi connectivity index (χ4n) is 0.553. The summed E-state index contributed by atoms with van der Waals surface area (Å²) in [4.78, 5) is 0. The Hall–Kier alpha value is -0.890. The first kappa shape index (κ1) is 10.1. The van der Waals surface area contributed by atoms with E-state index in [1.165, 1.54) is 12.2 Å². The van der Waals surface area contributed by atoms with E-state index in [4.69, 9.17) is 5.11 Å². The second-order valence-corrected chi connectivity index (χ2v) is 2.01. The maximum atomic E-state index is 12.3. The van der Waals surface area contributed by atoms with Crippen molar-refractivity contribution in [3.63, 3.8) is 0 Å². The molecule has 0 aromatic rings. The average molecular weight is 156 g/mol. The summed E-state index contributed by atoms with van der Waals surface area (Å²) in [6.45, 7) is 3.41. The molecule has 1 nitrogen and oxygen atoms in total. The number of allylic oxidation sites excluding steroid dienone is 4. The summed E-state index contributed by atoms with van der Waals surface area (Å²) < 4.78 is 12.3. The molecule has 0 heterocycles. The number of halogens is 1. The van der Waals surface area contributed by atoms with Gasteiger partial charge < -0.3 is 5.11 Å². The van der Waals surface area contributed by atoms with Crippen LogP contribution in [0.4, 0.5) is 4.39 Å². The largest absolute Gasteiger partial charge is 0.396 e. The smallest absolute Gasteiger partial charge is 0.118 e. The number of aliphatic hydroxyl groups excluding tert-OH is 1. The Morgan fingerprint density at radius 3 is 2.73 bits per heavy atom. The molecule has 0 aliphatic heterocycles. The molecular formula is C9H13FO. The molecule has 62 valence electrons. The summed E-state index contributed by atoms with van der Waals surface area (Å²) >= 11 is 0. The molecule has 0 radical (unpaired) electrons. The normalized spacial score (nSPS) is 12.4. The Morgan fingerprint density at radius 1 is 1.45 bits per heavy atom. The minimum atomic E-state index is -0.307. The third kappa shape index (κ3) is 7.00. The van der Waals surface area contributed by atoms with Crippen molar-refractivity contribution in [2.75, 3.05) is 6.61 Å². The van der Waals surface area contributed by atoms with Gasteiger partial charge in [-0.3, -0.25) is 0 Å². The first-order valence-electron chi connectivity index (χ1n) is 3.55. The molecule has 0 aliphatic rings. The van der Waals surface area contributed by atoms with Gasteiger partial charge >= 0.3 is 0 Å². The number of hydrogen-bond donors (Lipinski definition) is 1.